The molecule has 2 nitrogen and oxygen atoms in total. The SMILES string of the molecule is c1ccc(-c2ccc(N(c3ccccc3-c3ccccc3)c3ccc4c(oc5ccccc54)c3-c3ccc4ccccc4c3)cc2)cc1. The van der Waals surface area contributed by atoms with Gasteiger partial charge in [-0.15, -0.1) is 0 Å². The van der Waals surface area contributed by atoms with Gasteiger partial charge in [-0.2, -0.15) is 0 Å². The average Bonchev–Trinajstić information content (AvgIpc) is 3.55. The van der Waals surface area contributed by atoms with Gasteiger partial charge >= 0.3 is 0 Å². The van der Waals surface area contributed by atoms with E-state index in [-0.39, 0.29) is 0 Å². The van der Waals surface area contributed by atoms with E-state index in [4.69, 9.17) is 4.42 Å². The molecule has 0 spiro atoms. The van der Waals surface area contributed by atoms with Crippen molar-refractivity contribution in [3.8, 4) is 33.4 Å². The number of nitrogens with zero attached hydrogens (tertiary/aromatic N) is 1. The van der Waals surface area contributed by atoms with Crippen molar-refractivity contribution in [3.05, 3.63) is 188 Å². The van der Waals surface area contributed by atoms with Gasteiger partial charge in [-0.3, -0.25) is 0 Å². The summed E-state index contributed by atoms with van der Waals surface area (Å²) in [6, 6.07) is 66.9. The van der Waals surface area contributed by atoms with E-state index >= 15 is 0 Å². The maximum Gasteiger partial charge on any atom is 0.145 e. The van der Waals surface area contributed by atoms with Crippen LogP contribution in [0.25, 0.3) is 66.1 Å². The van der Waals surface area contributed by atoms with Crippen LogP contribution in [0.2, 0.25) is 0 Å². The second-order valence-electron chi connectivity index (χ2n) is 12.1. The molecular weight excluding hydrogens is 583 g/mol. The number of rotatable bonds is 6. The third-order valence-corrected chi connectivity index (χ3v) is 9.27. The number of furan rings is 1. The maximum absolute atomic E-state index is 6.78. The average molecular weight is 614 g/mol. The molecular formula is C46H31NO. The molecule has 0 radical (unpaired) electrons. The summed E-state index contributed by atoms with van der Waals surface area (Å²) in [7, 11) is 0. The Kier molecular flexibility index (Phi) is 6.84. The minimum atomic E-state index is 0.882. The second-order valence-corrected chi connectivity index (χ2v) is 12.1. The van der Waals surface area contributed by atoms with E-state index in [1.165, 1.54) is 21.9 Å². The zero-order valence-corrected chi connectivity index (χ0v) is 26.3. The first-order valence-electron chi connectivity index (χ1n) is 16.4. The predicted molar refractivity (Wildman–Crippen MR) is 202 cm³/mol. The van der Waals surface area contributed by atoms with E-state index in [2.05, 4.69) is 187 Å². The number of anilines is 3. The molecule has 0 saturated heterocycles. The Bertz CT molecular complexity index is 2550. The van der Waals surface area contributed by atoms with Gasteiger partial charge in [0.25, 0.3) is 0 Å². The molecule has 0 N–H and O–H groups in total. The lowest BCUT2D eigenvalue weighted by atomic mass is 9.95. The van der Waals surface area contributed by atoms with Crippen LogP contribution in [0, 0.1) is 0 Å². The molecule has 0 amide bonds. The molecule has 8 aromatic carbocycles. The molecule has 0 aliphatic rings. The van der Waals surface area contributed by atoms with Gasteiger partial charge in [0, 0.05) is 27.6 Å². The lowest BCUT2D eigenvalue weighted by molar-refractivity contribution is 0.670. The van der Waals surface area contributed by atoms with E-state index in [1.54, 1.807) is 0 Å². The van der Waals surface area contributed by atoms with E-state index < -0.39 is 0 Å². The quantitative estimate of drug-likeness (QED) is 0.185. The number of benzene rings is 8. The summed E-state index contributed by atoms with van der Waals surface area (Å²) in [4.78, 5) is 2.40. The Labute approximate surface area is 279 Å². The van der Waals surface area contributed by atoms with Crippen molar-refractivity contribution >= 4 is 49.8 Å². The van der Waals surface area contributed by atoms with Crippen molar-refractivity contribution in [2.45, 2.75) is 0 Å². The molecule has 2 heteroatoms. The predicted octanol–water partition coefficient (Wildman–Crippen LogP) is 13.2. The molecule has 0 unspecified atom stereocenters. The van der Waals surface area contributed by atoms with Gasteiger partial charge in [-0.1, -0.05) is 146 Å². The third-order valence-electron chi connectivity index (χ3n) is 9.27. The first-order chi connectivity index (χ1) is 23.8. The Balaban J connectivity index is 1.35. The topological polar surface area (TPSA) is 16.4 Å². The van der Waals surface area contributed by atoms with Crippen molar-refractivity contribution in [1.82, 2.24) is 0 Å². The number of fused-ring (bicyclic) bond motifs is 4. The minimum absolute atomic E-state index is 0.882. The maximum atomic E-state index is 6.78. The van der Waals surface area contributed by atoms with E-state index in [9.17, 15) is 0 Å². The highest BCUT2D eigenvalue weighted by Crippen LogP contribution is 2.49. The second kappa shape index (κ2) is 11.8. The largest absolute Gasteiger partial charge is 0.455 e. The molecule has 0 aliphatic heterocycles. The highest BCUT2D eigenvalue weighted by Gasteiger charge is 2.24. The van der Waals surface area contributed by atoms with E-state index in [0.29, 0.717) is 0 Å². The molecule has 1 aromatic heterocycles. The molecule has 1 heterocycles. The van der Waals surface area contributed by atoms with Crippen molar-refractivity contribution in [1.29, 1.82) is 0 Å². The summed E-state index contributed by atoms with van der Waals surface area (Å²) in [6.07, 6.45) is 0. The summed E-state index contributed by atoms with van der Waals surface area (Å²) in [5.41, 5.74) is 11.8. The van der Waals surface area contributed by atoms with Gasteiger partial charge in [-0.25, -0.2) is 0 Å². The molecule has 0 saturated carbocycles. The normalized spacial score (nSPS) is 11.3. The van der Waals surface area contributed by atoms with Crippen LogP contribution in [0.5, 0.6) is 0 Å². The van der Waals surface area contributed by atoms with Gasteiger partial charge in [0.05, 0.1) is 11.4 Å². The molecule has 226 valence electrons. The van der Waals surface area contributed by atoms with Crippen LogP contribution in [0.3, 0.4) is 0 Å². The van der Waals surface area contributed by atoms with Crippen molar-refractivity contribution in [3.63, 3.8) is 0 Å². The van der Waals surface area contributed by atoms with Crippen LogP contribution in [0.15, 0.2) is 192 Å². The first kappa shape index (κ1) is 27.9. The van der Waals surface area contributed by atoms with Crippen LogP contribution in [0.4, 0.5) is 17.1 Å². The van der Waals surface area contributed by atoms with Gasteiger partial charge in [0.2, 0.25) is 0 Å². The number of hydrogen-bond acceptors (Lipinski definition) is 2. The smallest absolute Gasteiger partial charge is 0.145 e. The summed E-state index contributed by atoms with van der Waals surface area (Å²) in [5.74, 6) is 0. The zero-order valence-electron chi connectivity index (χ0n) is 26.3. The monoisotopic (exact) mass is 613 g/mol. The van der Waals surface area contributed by atoms with Gasteiger partial charge in [0.15, 0.2) is 0 Å². The van der Waals surface area contributed by atoms with Crippen LogP contribution in [-0.2, 0) is 0 Å². The number of hydrogen-bond donors (Lipinski definition) is 0. The van der Waals surface area contributed by atoms with Gasteiger partial charge < -0.3 is 9.32 Å². The molecule has 9 aromatic rings. The summed E-state index contributed by atoms with van der Waals surface area (Å²) >= 11 is 0. The van der Waals surface area contributed by atoms with Crippen LogP contribution in [-0.4, -0.2) is 0 Å². The molecule has 0 fully saturated rings. The highest BCUT2D eigenvalue weighted by molar-refractivity contribution is 6.14. The molecule has 0 bridgehead atoms. The molecule has 0 aliphatic carbocycles. The Morgan fingerprint density at radius 2 is 1.00 bits per heavy atom. The fraction of sp³-hybridized carbons (Fsp3) is 0. The first-order valence-corrected chi connectivity index (χ1v) is 16.4. The minimum Gasteiger partial charge on any atom is -0.455 e. The van der Waals surface area contributed by atoms with Crippen LogP contribution >= 0.6 is 0 Å². The molecule has 0 atom stereocenters. The number of para-hydroxylation sites is 2. The third kappa shape index (κ3) is 4.83. The van der Waals surface area contributed by atoms with Crippen molar-refractivity contribution in [2.75, 3.05) is 4.90 Å². The fourth-order valence-electron chi connectivity index (χ4n) is 6.96. The Morgan fingerprint density at radius 3 is 1.81 bits per heavy atom. The molecule has 48 heavy (non-hydrogen) atoms. The molecule has 9 rings (SSSR count). The summed E-state index contributed by atoms with van der Waals surface area (Å²) in [5, 5.41) is 4.62. The summed E-state index contributed by atoms with van der Waals surface area (Å²) in [6.45, 7) is 0. The fourth-order valence-corrected chi connectivity index (χ4v) is 6.96. The zero-order chi connectivity index (χ0) is 31.9. The van der Waals surface area contributed by atoms with E-state index in [1.807, 2.05) is 6.07 Å². The lowest BCUT2D eigenvalue weighted by Crippen LogP contribution is -2.12. The van der Waals surface area contributed by atoms with Gasteiger partial charge in [-0.05, 0) is 75.5 Å². The Morgan fingerprint density at radius 1 is 0.375 bits per heavy atom. The lowest BCUT2D eigenvalue weighted by Gasteiger charge is -2.30. The highest BCUT2D eigenvalue weighted by atomic mass is 16.3. The summed E-state index contributed by atoms with van der Waals surface area (Å²) < 4.78 is 6.78. The van der Waals surface area contributed by atoms with Crippen molar-refractivity contribution < 1.29 is 4.42 Å². The van der Waals surface area contributed by atoms with Crippen molar-refractivity contribution in [2.24, 2.45) is 0 Å². The van der Waals surface area contributed by atoms with E-state index in [0.717, 1.165) is 61.3 Å². The van der Waals surface area contributed by atoms with Crippen LogP contribution < -0.4 is 4.90 Å². The van der Waals surface area contributed by atoms with Gasteiger partial charge in [0.1, 0.15) is 11.2 Å². The standard InChI is InChI=1S/C46H31NO/c1-3-13-32(14-4-1)34-25-27-38(28-26-34)47(42-21-11-9-19-39(42)35-16-5-2-6-17-35)43-30-29-41-40-20-10-12-22-44(40)48-46(41)45(43)37-24-23-33-15-7-8-18-36(33)31-37/h1-31H. The van der Waals surface area contributed by atoms with Crippen LogP contribution in [0.1, 0.15) is 0 Å². The Hall–Kier alpha value is -6.38.